The smallest absolute Gasteiger partial charge is 0.236 e. The fourth-order valence-corrected chi connectivity index (χ4v) is 3.22. The van der Waals surface area contributed by atoms with Crippen molar-refractivity contribution in [3.05, 3.63) is 30.1 Å². The summed E-state index contributed by atoms with van der Waals surface area (Å²) in [5, 5.41) is 0. The van der Waals surface area contributed by atoms with Gasteiger partial charge in [0, 0.05) is 52.4 Å². The Balaban J connectivity index is 1.47. The summed E-state index contributed by atoms with van der Waals surface area (Å²) in [6.45, 7) is 5.74. The second-order valence-electron chi connectivity index (χ2n) is 6.24. The highest BCUT2D eigenvalue weighted by Gasteiger charge is 2.25. The van der Waals surface area contributed by atoms with Crippen LogP contribution in [0.3, 0.4) is 0 Å². The van der Waals surface area contributed by atoms with Gasteiger partial charge in [-0.3, -0.25) is 14.5 Å². The maximum absolute atomic E-state index is 13.8. The molecule has 2 amide bonds. The molecular weight excluding hydrogens is 311 g/mol. The number of piperazine rings is 2. The Labute approximate surface area is 141 Å². The lowest BCUT2D eigenvalue weighted by molar-refractivity contribution is -0.133. The largest absolute Gasteiger partial charge is 0.366 e. The monoisotopic (exact) mass is 334 g/mol. The molecule has 2 fully saturated rings. The van der Waals surface area contributed by atoms with E-state index >= 15 is 0 Å². The minimum atomic E-state index is -0.217. The second-order valence-corrected chi connectivity index (χ2v) is 6.24. The van der Waals surface area contributed by atoms with Gasteiger partial charge in [0.15, 0.2) is 0 Å². The number of carbonyl (C=O) groups is 2. The van der Waals surface area contributed by atoms with Gasteiger partial charge in [-0.25, -0.2) is 4.39 Å². The van der Waals surface area contributed by atoms with Crippen molar-refractivity contribution in [2.75, 3.05) is 63.8 Å². The Kier molecular flexibility index (Phi) is 5.30. The minimum absolute atomic E-state index is 0.114. The van der Waals surface area contributed by atoms with Gasteiger partial charge in [0.25, 0.3) is 0 Å². The molecule has 24 heavy (non-hydrogen) atoms. The van der Waals surface area contributed by atoms with E-state index in [0.29, 0.717) is 51.5 Å². The highest BCUT2D eigenvalue weighted by atomic mass is 19.1. The SMILES string of the molecule is O=CN1CCN(CC(=O)N2CCN(c3ccccc3F)CC2)CC1. The maximum Gasteiger partial charge on any atom is 0.236 e. The van der Waals surface area contributed by atoms with Crippen molar-refractivity contribution >= 4 is 18.0 Å². The number of para-hydroxylation sites is 1. The third kappa shape index (κ3) is 3.84. The highest BCUT2D eigenvalue weighted by molar-refractivity contribution is 5.78. The second kappa shape index (κ2) is 7.61. The van der Waals surface area contributed by atoms with Crippen LogP contribution in [0.25, 0.3) is 0 Å². The van der Waals surface area contributed by atoms with Gasteiger partial charge in [0.2, 0.25) is 12.3 Å². The number of anilines is 1. The predicted molar refractivity (Wildman–Crippen MR) is 89.3 cm³/mol. The van der Waals surface area contributed by atoms with Crippen LogP contribution in [0.15, 0.2) is 24.3 Å². The third-order valence-corrected chi connectivity index (χ3v) is 4.74. The number of rotatable bonds is 4. The summed E-state index contributed by atoms with van der Waals surface area (Å²) in [5.74, 6) is -0.104. The van der Waals surface area contributed by atoms with E-state index in [0.717, 1.165) is 19.5 Å². The summed E-state index contributed by atoms with van der Waals surface area (Å²) in [7, 11) is 0. The quantitative estimate of drug-likeness (QED) is 0.741. The normalized spacial score (nSPS) is 19.5. The van der Waals surface area contributed by atoms with E-state index in [-0.39, 0.29) is 11.7 Å². The third-order valence-electron chi connectivity index (χ3n) is 4.74. The van der Waals surface area contributed by atoms with Crippen LogP contribution in [0.2, 0.25) is 0 Å². The molecule has 0 aliphatic carbocycles. The molecule has 2 saturated heterocycles. The van der Waals surface area contributed by atoms with Gasteiger partial charge in [-0.05, 0) is 12.1 Å². The topological polar surface area (TPSA) is 47.1 Å². The van der Waals surface area contributed by atoms with Crippen LogP contribution in [-0.2, 0) is 9.59 Å². The fourth-order valence-electron chi connectivity index (χ4n) is 3.22. The summed E-state index contributed by atoms with van der Waals surface area (Å²) < 4.78 is 13.8. The Bertz CT molecular complexity index is 582. The van der Waals surface area contributed by atoms with Crippen LogP contribution in [-0.4, -0.2) is 85.9 Å². The Morgan fingerprint density at radius 3 is 2.29 bits per heavy atom. The molecule has 1 aromatic rings. The van der Waals surface area contributed by atoms with Gasteiger partial charge in [0.1, 0.15) is 5.82 Å². The van der Waals surface area contributed by atoms with Crippen molar-refractivity contribution in [3.8, 4) is 0 Å². The number of hydrogen-bond donors (Lipinski definition) is 0. The molecule has 0 spiro atoms. The Morgan fingerprint density at radius 1 is 1.00 bits per heavy atom. The average molecular weight is 334 g/mol. The lowest BCUT2D eigenvalue weighted by Crippen LogP contribution is -2.53. The number of benzene rings is 1. The zero-order valence-electron chi connectivity index (χ0n) is 13.7. The molecule has 6 nitrogen and oxygen atoms in total. The molecule has 0 atom stereocenters. The molecule has 7 heteroatoms. The first-order chi connectivity index (χ1) is 11.7. The molecule has 0 bridgehead atoms. The Morgan fingerprint density at radius 2 is 1.67 bits per heavy atom. The van der Waals surface area contributed by atoms with Crippen molar-refractivity contribution < 1.29 is 14.0 Å². The standard InChI is InChI=1S/C17H23FN4O2/c18-15-3-1-2-4-16(15)21-9-11-22(12-10-21)17(24)13-19-5-7-20(14-23)8-6-19/h1-4,14H,5-13H2. The van der Waals surface area contributed by atoms with Gasteiger partial charge >= 0.3 is 0 Å². The van der Waals surface area contributed by atoms with Gasteiger partial charge in [-0.15, -0.1) is 0 Å². The number of hydrogen-bond acceptors (Lipinski definition) is 4. The van der Waals surface area contributed by atoms with Crippen LogP contribution < -0.4 is 4.90 Å². The molecule has 2 aliphatic heterocycles. The zero-order valence-corrected chi connectivity index (χ0v) is 13.7. The minimum Gasteiger partial charge on any atom is -0.366 e. The molecule has 0 N–H and O–H groups in total. The molecule has 0 aromatic heterocycles. The summed E-state index contributed by atoms with van der Waals surface area (Å²) in [6.07, 6.45) is 0.862. The molecule has 2 aliphatic rings. The first-order valence-electron chi connectivity index (χ1n) is 8.36. The van der Waals surface area contributed by atoms with E-state index in [9.17, 15) is 14.0 Å². The lowest BCUT2D eigenvalue weighted by Gasteiger charge is -2.38. The van der Waals surface area contributed by atoms with E-state index in [1.54, 1.807) is 17.0 Å². The van der Waals surface area contributed by atoms with Gasteiger partial charge in [-0.2, -0.15) is 0 Å². The molecule has 0 unspecified atom stereocenters. The summed E-state index contributed by atoms with van der Waals surface area (Å²) in [6, 6.07) is 6.75. The molecule has 130 valence electrons. The van der Waals surface area contributed by atoms with E-state index in [1.807, 2.05) is 15.9 Å². The highest BCUT2D eigenvalue weighted by Crippen LogP contribution is 2.20. The fraction of sp³-hybridized carbons (Fsp3) is 0.529. The molecular formula is C17H23FN4O2. The van der Waals surface area contributed by atoms with E-state index in [2.05, 4.69) is 4.90 Å². The van der Waals surface area contributed by atoms with Crippen LogP contribution >= 0.6 is 0 Å². The van der Waals surface area contributed by atoms with Crippen LogP contribution in [0.4, 0.5) is 10.1 Å². The van der Waals surface area contributed by atoms with Gasteiger partial charge < -0.3 is 14.7 Å². The van der Waals surface area contributed by atoms with Crippen LogP contribution in [0.1, 0.15) is 0 Å². The van der Waals surface area contributed by atoms with Gasteiger partial charge in [-0.1, -0.05) is 12.1 Å². The maximum atomic E-state index is 13.8. The van der Waals surface area contributed by atoms with Crippen molar-refractivity contribution in [3.63, 3.8) is 0 Å². The van der Waals surface area contributed by atoms with Crippen molar-refractivity contribution in [2.45, 2.75) is 0 Å². The first-order valence-corrected chi connectivity index (χ1v) is 8.36. The summed E-state index contributed by atoms with van der Waals surface area (Å²) >= 11 is 0. The van der Waals surface area contributed by atoms with Crippen LogP contribution in [0.5, 0.6) is 0 Å². The number of amides is 2. The van der Waals surface area contributed by atoms with E-state index < -0.39 is 0 Å². The van der Waals surface area contributed by atoms with E-state index in [1.165, 1.54) is 6.07 Å². The average Bonchev–Trinajstić information content (AvgIpc) is 2.63. The number of halogens is 1. The molecule has 3 rings (SSSR count). The van der Waals surface area contributed by atoms with Crippen molar-refractivity contribution in [1.82, 2.24) is 14.7 Å². The van der Waals surface area contributed by atoms with Crippen molar-refractivity contribution in [2.24, 2.45) is 0 Å². The lowest BCUT2D eigenvalue weighted by atomic mass is 10.2. The molecule has 2 heterocycles. The molecule has 0 radical (unpaired) electrons. The summed E-state index contributed by atoms with van der Waals surface area (Å²) in [4.78, 5) is 30.8. The Hall–Kier alpha value is -2.15. The molecule has 1 aromatic carbocycles. The molecule has 0 saturated carbocycles. The van der Waals surface area contributed by atoms with Crippen molar-refractivity contribution in [1.29, 1.82) is 0 Å². The number of carbonyl (C=O) groups excluding carboxylic acids is 2. The zero-order chi connectivity index (χ0) is 16.9. The van der Waals surface area contributed by atoms with Gasteiger partial charge in [0.05, 0.1) is 12.2 Å². The summed E-state index contributed by atoms with van der Waals surface area (Å²) in [5.41, 5.74) is 0.606. The first kappa shape index (κ1) is 16.7. The predicted octanol–water partition coefficient (Wildman–Crippen LogP) is 0.248. The number of nitrogens with zero attached hydrogens (tertiary/aromatic N) is 4. The van der Waals surface area contributed by atoms with Crippen LogP contribution in [0, 0.1) is 5.82 Å². The van der Waals surface area contributed by atoms with E-state index in [4.69, 9.17) is 0 Å².